The van der Waals surface area contributed by atoms with Gasteiger partial charge in [0, 0.05) is 25.6 Å². The van der Waals surface area contributed by atoms with Crippen LogP contribution in [0.25, 0.3) is 0 Å². The quantitative estimate of drug-likeness (QED) is 0.526. The SMILES string of the molecule is COC(=O)c1ccccc1S(=O)(=O)N1CCC(C(=O)NCCC2=CCCCC2)CC1. The summed E-state index contributed by atoms with van der Waals surface area (Å²) in [4.78, 5) is 24.4. The fourth-order valence-electron chi connectivity index (χ4n) is 4.09. The lowest BCUT2D eigenvalue weighted by atomic mass is 9.96. The number of piperidine rings is 1. The van der Waals surface area contributed by atoms with Crippen molar-refractivity contribution in [3.05, 3.63) is 41.5 Å². The molecule has 1 heterocycles. The van der Waals surface area contributed by atoms with Gasteiger partial charge in [0.1, 0.15) is 0 Å². The molecule has 164 valence electrons. The lowest BCUT2D eigenvalue weighted by Gasteiger charge is -2.31. The van der Waals surface area contributed by atoms with Crippen molar-refractivity contribution in [2.75, 3.05) is 26.7 Å². The summed E-state index contributed by atoms with van der Waals surface area (Å²) in [5.41, 5.74) is 1.45. The standard InChI is InChI=1S/C22H30N2O5S/c1-29-22(26)19-9-5-6-10-20(19)30(27,28)24-15-12-18(13-16-24)21(25)23-14-11-17-7-3-2-4-8-17/h5-7,9-10,18H,2-4,8,11-16H2,1H3,(H,23,25). The highest BCUT2D eigenvalue weighted by molar-refractivity contribution is 7.89. The summed E-state index contributed by atoms with van der Waals surface area (Å²) >= 11 is 0. The number of benzene rings is 1. The predicted molar refractivity (Wildman–Crippen MR) is 113 cm³/mol. The number of methoxy groups -OCH3 is 1. The molecule has 1 saturated heterocycles. The average molecular weight is 435 g/mol. The number of allylic oxidation sites excluding steroid dienone is 1. The number of hydrogen-bond donors (Lipinski definition) is 1. The van der Waals surface area contributed by atoms with E-state index in [1.54, 1.807) is 12.1 Å². The Morgan fingerprint density at radius 1 is 1.17 bits per heavy atom. The normalized spacial score (nSPS) is 18.5. The summed E-state index contributed by atoms with van der Waals surface area (Å²) in [6, 6.07) is 6.05. The third-order valence-corrected chi connectivity index (χ3v) is 7.82. The van der Waals surface area contributed by atoms with Crippen LogP contribution in [0.15, 0.2) is 40.8 Å². The molecule has 1 aliphatic carbocycles. The average Bonchev–Trinajstić information content (AvgIpc) is 2.79. The van der Waals surface area contributed by atoms with Crippen LogP contribution in [0.2, 0.25) is 0 Å². The second kappa shape index (κ2) is 10.2. The van der Waals surface area contributed by atoms with E-state index in [2.05, 4.69) is 11.4 Å². The molecule has 3 rings (SSSR count). The molecule has 0 bridgehead atoms. The predicted octanol–water partition coefficient (Wildman–Crippen LogP) is 2.88. The van der Waals surface area contributed by atoms with Crippen molar-refractivity contribution in [1.29, 1.82) is 0 Å². The molecule has 1 amide bonds. The Labute approximate surface area is 178 Å². The van der Waals surface area contributed by atoms with Crippen LogP contribution in [-0.4, -0.2) is 51.3 Å². The molecule has 1 N–H and O–H groups in total. The van der Waals surface area contributed by atoms with Crippen LogP contribution in [0, 0.1) is 5.92 Å². The fraction of sp³-hybridized carbons (Fsp3) is 0.545. The maximum Gasteiger partial charge on any atom is 0.339 e. The largest absolute Gasteiger partial charge is 0.465 e. The van der Waals surface area contributed by atoms with Crippen LogP contribution in [0.4, 0.5) is 0 Å². The molecule has 0 atom stereocenters. The number of esters is 1. The molecule has 1 aromatic carbocycles. The van der Waals surface area contributed by atoms with Crippen molar-refractivity contribution in [3.63, 3.8) is 0 Å². The topological polar surface area (TPSA) is 92.8 Å². The zero-order chi connectivity index (χ0) is 21.6. The van der Waals surface area contributed by atoms with Crippen LogP contribution >= 0.6 is 0 Å². The maximum absolute atomic E-state index is 13.1. The summed E-state index contributed by atoms with van der Waals surface area (Å²) in [6.45, 7) is 1.14. The van der Waals surface area contributed by atoms with Gasteiger partial charge in [-0.1, -0.05) is 23.8 Å². The molecule has 2 aliphatic rings. The lowest BCUT2D eigenvalue weighted by molar-refractivity contribution is -0.126. The molecule has 0 radical (unpaired) electrons. The Morgan fingerprint density at radius 2 is 1.90 bits per heavy atom. The van der Waals surface area contributed by atoms with Crippen LogP contribution < -0.4 is 5.32 Å². The molecule has 7 nitrogen and oxygen atoms in total. The molecule has 30 heavy (non-hydrogen) atoms. The molecule has 0 saturated carbocycles. The highest BCUT2D eigenvalue weighted by Crippen LogP contribution is 2.26. The van der Waals surface area contributed by atoms with Crippen molar-refractivity contribution in [3.8, 4) is 0 Å². The van der Waals surface area contributed by atoms with Crippen molar-refractivity contribution in [1.82, 2.24) is 9.62 Å². The van der Waals surface area contributed by atoms with Gasteiger partial charge in [-0.2, -0.15) is 4.31 Å². The van der Waals surface area contributed by atoms with Crippen LogP contribution in [0.5, 0.6) is 0 Å². The molecular weight excluding hydrogens is 404 g/mol. The number of carbonyl (C=O) groups excluding carboxylic acids is 2. The van der Waals surface area contributed by atoms with E-state index in [1.807, 2.05) is 0 Å². The van der Waals surface area contributed by atoms with E-state index < -0.39 is 16.0 Å². The van der Waals surface area contributed by atoms with Gasteiger partial charge in [-0.25, -0.2) is 13.2 Å². The highest BCUT2D eigenvalue weighted by Gasteiger charge is 2.34. The first-order valence-electron chi connectivity index (χ1n) is 10.6. The minimum Gasteiger partial charge on any atom is -0.465 e. The Morgan fingerprint density at radius 3 is 2.57 bits per heavy atom. The highest BCUT2D eigenvalue weighted by atomic mass is 32.2. The summed E-state index contributed by atoms with van der Waals surface area (Å²) in [5.74, 6) is -0.873. The number of ether oxygens (including phenoxy) is 1. The fourth-order valence-corrected chi connectivity index (χ4v) is 5.74. The molecule has 0 unspecified atom stereocenters. The first kappa shape index (κ1) is 22.5. The lowest BCUT2D eigenvalue weighted by Crippen LogP contribution is -2.43. The second-order valence-electron chi connectivity index (χ2n) is 7.82. The number of hydrogen-bond acceptors (Lipinski definition) is 5. The van der Waals surface area contributed by atoms with E-state index in [0.717, 1.165) is 19.3 Å². The minimum absolute atomic E-state index is 0.00146. The van der Waals surface area contributed by atoms with Gasteiger partial charge in [0.25, 0.3) is 0 Å². The molecule has 1 aromatic rings. The Balaban J connectivity index is 1.55. The molecule has 8 heteroatoms. The van der Waals surface area contributed by atoms with E-state index >= 15 is 0 Å². The number of sulfonamides is 1. The molecule has 1 fully saturated rings. The Hall–Kier alpha value is -2.19. The van der Waals surface area contributed by atoms with E-state index in [4.69, 9.17) is 4.74 Å². The molecule has 0 spiro atoms. The Kier molecular flexibility index (Phi) is 7.66. The van der Waals surface area contributed by atoms with Crippen LogP contribution in [0.1, 0.15) is 55.3 Å². The van der Waals surface area contributed by atoms with E-state index in [0.29, 0.717) is 19.4 Å². The van der Waals surface area contributed by atoms with Crippen molar-refractivity contribution in [2.45, 2.75) is 49.8 Å². The number of amides is 1. The minimum atomic E-state index is -3.84. The van der Waals surface area contributed by atoms with E-state index in [9.17, 15) is 18.0 Å². The second-order valence-corrected chi connectivity index (χ2v) is 9.72. The number of nitrogens with zero attached hydrogens (tertiary/aromatic N) is 1. The van der Waals surface area contributed by atoms with E-state index in [-0.39, 0.29) is 35.4 Å². The van der Waals surface area contributed by atoms with E-state index in [1.165, 1.54) is 42.0 Å². The van der Waals surface area contributed by atoms with Gasteiger partial charge in [0.05, 0.1) is 17.6 Å². The first-order chi connectivity index (χ1) is 14.4. The maximum atomic E-state index is 13.1. The van der Waals surface area contributed by atoms with Gasteiger partial charge in [-0.3, -0.25) is 4.79 Å². The molecule has 1 aliphatic heterocycles. The monoisotopic (exact) mass is 434 g/mol. The van der Waals surface area contributed by atoms with Crippen LogP contribution in [0.3, 0.4) is 0 Å². The summed E-state index contributed by atoms with van der Waals surface area (Å²) in [6.07, 6.45) is 8.85. The first-order valence-corrected chi connectivity index (χ1v) is 12.0. The molecular formula is C22H30N2O5S. The van der Waals surface area contributed by atoms with Crippen molar-refractivity contribution >= 4 is 21.9 Å². The summed E-state index contributed by atoms with van der Waals surface area (Å²) in [5, 5.41) is 3.01. The summed E-state index contributed by atoms with van der Waals surface area (Å²) < 4.78 is 32.2. The zero-order valence-corrected chi connectivity index (χ0v) is 18.2. The van der Waals surface area contributed by atoms with Crippen molar-refractivity contribution < 1.29 is 22.7 Å². The Bertz CT molecular complexity index is 902. The molecule has 0 aromatic heterocycles. The number of nitrogens with one attached hydrogen (secondary N) is 1. The smallest absolute Gasteiger partial charge is 0.339 e. The van der Waals surface area contributed by atoms with Gasteiger partial charge in [-0.15, -0.1) is 0 Å². The number of rotatable bonds is 7. The number of carbonyl (C=O) groups is 2. The summed E-state index contributed by atoms with van der Waals surface area (Å²) in [7, 11) is -2.61. The zero-order valence-electron chi connectivity index (χ0n) is 17.4. The van der Waals surface area contributed by atoms with Gasteiger partial charge >= 0.3 is 5.97 Å². The third-order valence-electron chi connectivity index (χ3n) is 5.87. The van der Waals surface area contributed by atoms with Crippen molar-refractivity contribution in [2.24, 2.45) is 5.92 Å². The van der Waals surface area contributed by atoms with Gasteiger partial charge in [-0.05, 0) is 57.1 Å². The van der Waals surface area contributed by atoms with Gasteiger partial charge < -0.3 is 10.1 Å². The third kappa shape index (κ3) is 5.29. The van der Waals surface area contributed by atoms with Gasteiger partial charge in [0.15, 0.2) is 0 Å². The van der Waals surface area contributed by atoms with Crippen LogP contribution in [-0.2, 0) is 19.6 Å². The van der Waals surface area contributed by atoms with Gasteiger partial charge in [0.2, 0.25) is 15.9 Å².